The predicted octanol–water partition coefficient (Wildman–Crippen LogP) is 4.39. The van der Waals surface area contributed by atoms with Crippen molar-refractivity contribution >= 4 is 22.4 Å². The van der Waals surface area contributed by atoms with Crippen molar-refractivity contribution in [2.75, 3.05) is 5.32 Å². The summed E-state index contributed by atoms with van der Waals surface area (Å²) in [6, 6.07) is 6.12. The lowest BCUT2D eigenvalue weighted by molar-refractivity contribution is 0.102. The molecule has 118 valence electrons. The van der Waals surface area contributed by atoms with Crippen molar-refractivity contribution in [2.24, 2.45) is 0 Å². The van der Waals surface area contributed by atoms with Gasteiger partial charge in [0.1, 0.15) is 5.51 Å². The van der Waals surface area contributed by atoms with Crippen molar-refractivity contribution < 1.29 is 4.79 Å². The maximum Gasteiger partial charge on any atom is 0.257 e. The fraction of sp³-hybridized carbons (Fsp3) is 0.471. The summed E-state index contributed by atoms with van der Waals surface area (Å²) < 4.78 is 0. The Bertz CT molecular complexity index is 632. The molecular weight excluding hydrogens is 294 g/mol. The normalized spacial score (nSPS) is 12.3. The molecule has 4 nitrogen and oxygen atoms in total. The van der Waals surface area contributed by atoms with E-state index in [4.69, 9.17) is 0 Å². The van der Waals surface area contributed by atoms with E-state index in [9.17, 15) is 4.79 Å². The van der Waals surface area contributed by atoms with Crippen LogP contribution in [0.25, 0.3) is 0 Å². The molecule has 22 heavy (non-hydrogen) atoms. The molecule has 0 saturated carbocycles. The Morgan fingerprint density at radius 1 is 1.00 bits per heavy atom. The Balaban J connectivity index is 2.44. The number of benzene rings is 1. The number of anilines is 1. The van der Waals surface area contributed by atoms with Gasteiger partial charge >= 0.3 is 0 Å². The van der Waals surface area contributed by atoms with Crippen molar-refractivity contribution in [3.05, 3.63) is 40.4 Å². The van der Waals surface area contributed by atoms with Crippen molar-refractivity contribution in [2.45, 2.75) is 52.4 Å². The predicted molar refractivity (Wildman–Crippen MR) is 91.7 cm³/mol. The van der Waals surface area contributed by atoms with E-state index in [0.29, 0.717) is 10.7 Å². The Hall–Kier alpha value is -1.75. The maximum absolute atomic E-state index is 12.5. The quantitative estimate of drug-likeness (QED) is 0.894. The molecule has 1 aromatic heterocycles. The molecule has 0 atom stereocenters. The summed E-state index contributed by atoms with van der Waals surface area (Å²) in [5, 5.41) is 10.9. The minimum Gasteiger partial charge on any atom is -0.296 e. The number of hydrogen-bond acceptors (Lipinski definition) is 4. The number of nitrogens with one attached hydrogen (secondary N) is 1. The summed E-state index contributed by atoms with van der Waals surface area (Å²) in [5.74, 6) is -0.145. The van der Waals surface area contributed by atoms with Gasteiger partial charge in [0.05, 0.1) is 0 Å². The van der Waals surface area contributed by atoms with E-state index in [1.165, 1.54) is 11.3 Å². The molecule has 0 aliphatic heterocycles. The summed E-state index contributed by atoms with van der Waals surface area (Å²) in [4.78, 5) is 12.5. The number of rotatable bonds is 2. The molecule has 0 bridgehead atoms. The van der Waals surface area contributed by atoms with Gasteiger partial charge in [0.2, 0.25) is 5.13 Å². The van der Waals surface area contributed by atoms with Crippen LogP contribution in [0.3, 0.4) is 0 Å². The average Bonchev–Trinajstić information content (AvgIpc) is 2.89. The highest BCUT2D eigenvalue weighted by atomic mass is 32.1. The molecule has 0 radical (unpaired) electrons. The van der Waals surface area contributed by atoms with Crippen LogP contribution in [0.4, 0.5) is 5.13 Å². The minimum absolute atomic E-state index is 0.0149. The molecule has 0 aliphatic rings. The van der Waals surface area contributed by atoms with Gasteiger partial charge in [-0.2, -0.15) is 0 Å². The lowest BCUT2D eigenvalue weighted by atomic mass is 9.79. The van der Waals surface area contributed by atoms with Gasteiger partial charge in [-0.25, -0.2) is 0 Å². The van der Waals surface area contributed by atoms with E-state index in [2.05, 4.69) is 63.1 Å². The van der Waals surface area contributed by atoms with Gasteiger partial charge in [0, 0.05) is 5.56 Å². The molecule has 0 fully saturated rings. The third-order valence-electron chi connectivity index (χ3n) is 3.51. The Morgan fingerprint density at radius 2 is 1.55 bits per heavy atom. The second-order valence-corrected chi connectivity index (χ2v) is 8.33. The zero-order valence-corrected chi connectivity index (χ0v) is 14.8. The van der Waals surface area contributed by atoms with Crippen LogP contribution in [0.5, 0.6) is 0 Å². The number of nitrogens with zero attached hydrogens (tertiary/aromatic N) is 2. The zero-order valence-electron chi connectivity index (χ0n) is 14.0. The van der Waals surface area contributed by atoms with Crippen molar-refractivity contribution in [1.82, 2.24) is 10.2 Å². The first-order chi connectivity index (χ1) is 10.1. The van der Waals surface area contributed by atoms with E-state index < -0.39 is 0 Å². The van der Waals surface area contributed by atoms with E-state index in [0.717, 1.165) is 11.1 Å². The van der Waals surface area contributed by atoms with Gasteiger partial charge in [-0.3, -0.25) is 10.1 Å². The smallest absolute Gasteiger partial charge is 0.257 e. The van der Waals surface area contributed by atoms with E-state index >= 15 is 0 Å². The number of carbonyl (C=O) groups is 1. The summed E-state index contributed by atoms with van der Waals surface area (Å²) in [5.41, 5.74) is 4.54. The highest BCUT2D eigenvalue weighted by Crippen LogP contribution is 2.30. The molecule has 5 heteroatoms. The van der Waals surface area contributed by atoms with Crippen LogP contribution in [0, 0.1) is 0 Å². The van der Waals surface area contributed by atoms with Gasteiger partial charge in [0.15, 0.2) is 0 Å². The van der Waals surface area contributed by atoms with Gasteiger partial charge in [0.25, 0.3) is 5.91 Å². The topological polar surface area (TPSA) is 54.9 Å². The Labute approximate surface area is 136 Å². The molecule has 1 amide bonds. The third kappa shape index (κ3) is 3.91. The van der Waals surface area contributed by atoms with Gasteiger partial charge in [-0.05, 0) is 34.1 Å². The maximum atomic E-state index is 12.5. The van der Waals surface area contributed by atoms with Crippen LogP contribution in [-0.2, 0) is 10.8 Å². The fourth-order valence-electron chi connectivity index (χ4n) is 2.02. The van der Waals surface area contributed by atoms with Crippen LogP contribution in [0.1, 0.15) is 63.0 Å². The van der Waals surface area contributed by atoms with Crippen molar-refractivity contribution in [3.63, 3.8) is 0 Å². The Kier molecular flexibility index (Phi) is 4.38. The molecule has 1 aromatic carbocycles. The van der Waals surface area contributed by atoms with Crippen LogP contribution >= 0.6 is 11.3 Å². The molecule has 1 N–H and O–H groups in total. The number of carbonyl (C=O) groups excluding carboxylic acids is 1. The second kappa shape index (κ2) is 5.80. The highest BCUT2D eigenvalue weighted by molar-refractivity contribution is 7.13. The number of aromatic nitrogens is 2. The average molecular weight is 317 g/mol. The van der Waals surface area contributed by atoms with E-state index in [1.807, 2.05) is 12.1 Å². The molecule has 2 aromatic rings. The van der Waals surface area contributed by atoms with Crippen LogP contribution in [-0.4, -0.2) is 16.1 Å². The summed E-state index contributed by atoms with van der Waals surface area (Å²) in [6.07, 6.45) is 0. The zero-order chi connectivity index (χ0) is 16.5. The lowest BCUT2D eigenvalue weighted by Gasteiger charge is -2.26. The molecule has 0 saturated heterocycles. The Morgan fingerprint density at radius 3 is 1.95 bits per heavy atom. The molecule has 0 aliphatic carbocycles. The molecule has 0 spiro atoms. The van der Waals surface area contributed by atoms with E-state index in [1.54, 1.807) is 5.51 Å². The first-order valence-electron chi connectivity index (χ1n) is 7.31. The SMILES string of the molecule is CC(C)(C)c1cc(C(=O)Nc2nncs2)cc(C(C)(C)C)c1. The third-order valence-corrected chi connectivity index (χ3v) is 4.11. The first kappa shape index (κ1) is 16.6. The van der Waals surface area contributed by atoms with Gasteiger partial charge in [-0.1, -0.05) is 58.9 Å². The summed E-state index contributed by atoms with van der Waals surface area (Å²) in [7, 11) is 0. The van der Waals surface area contributed by atoms with Gasteiger partial charge < -0.3 is 0 Å². The fourth-order valence-corrected chi connectivity index (χ4v) is 2.46. The second-order valence-electron chi connectivity index (χ2n) is 7.50. The summed E-state index contributed by atoms with van der Waals surface area (Å²) >= 11 is 1.31. The molecular formula is C17H23N3OS. The lowest BCUT2D eigenvalue weighted by Crippen LogP contribution is -2.20. The highest BCUT2D eigenvalue weighted by Gasteiger charge is 2.22. The minimum atomic E-state index is -0.145. The monoisotopic (exact) mass is 317 g/mol. The molecule has 0 unspecified atom stereocenters. The molecule has 2 rings (SSSR count). The number of hydrogen-bond donors (Lipinski definition) is 1. The van der Waals surface area contributed by atoms with Crippen LogP contribution in [0.2, 0.25) is 0 Å². The number of amides is 1. The van der Waals surface area contributed by atoms with E-state index in [-0.39, 0.29) is 16.7 Å². The van der Waals surface area contributed by atoms with Crippen molar-refractivity contribution in [1.29, 1.82) is 0 Å². The van der Waals surface area contributed by atoms with Crippen LogP contribution in [0.15, 0.2) is 23.7 Å². The largest absolute Gasteiger partial charge is 0.296 e. The van der Waals surface area contributed by atoms with Gasteiger partial charge in [-0.15, -0.1) is 10.2 Å². The standard InChI is InChI=1S/C17H23N3OS/c1-16(2,3)12-7-11(8-13(9-12)17(4,5)6)14(21)19-15-20-18-10-22-15/h7-10H,1-6H3,(H,19,20,21). The van der Waals surface area contributed by atoms with Crippen molar-refractivity contribution in [3.8, 4) is 0 Å². The molecule has 1 heterocycles. The summed E-state index contributed by atoms with van der Waals surface area (Å²) in [6.45, 7) is 12.9. The first-order valence-corrected chi connectivity index (χ1v) is 8.19. The van der Waals surface area contributed by atoms with Crippen LogP contribution < -0.4 is 5.32 Å².